The highest BCUT2D eigenvalue weighted by atomic mass is 127. The Morgan fingerprint density at radius 2 is 2.00 bits per heavy atom. The van der Waals surface area contributed by atoms with Gasteiger partial charge in [0.25, 0.3) is 0 Å². The van der Waals surface area contributed by atoms with Crippen molar-refractivity contribution in [2.75, 3.05) is 0 Å². The Kier molecular flexibility index (Phi) is 3.21. The molecule has 0 radical (unpaired) electrons. The fourth-order valence-corrected chi connectivity index (χ4v) is 0. The smallest absolute Gasteiger partial charge is 0.404 e. The first-order chi connectivity index (χ1) is 1.73. The molecule has 0 spiro atoms. The molecule has 0 aliphatic rings. The largest absolute Gasteiger partial charge is 0.454 e. The summed E-state index contributed by atoms with van der Waals surface area (Å²) in [6.45, 7) is 0. The van der Waals surface area contributed by atoms with Gasteiger partial charge in [0.1, 0.15) is 0 Å². The summed E-state index contributed by atoms with van der Waals surface area (Å²) in [5.74, 6) is 2.07. The molecule has 0 aliphatic carbocycles. The average molecular weight is 185 g/mol. The van der Waals surface area contributed by atoms with Gasteiger partial charge in [-0.1, -0.05) is 5.79 Å². The maximum atomic E-state index is 5.24. The van der Waals surface area contributed by atoms with Crippen molar-refractivity contribution < 1.29 is 0 Å². The van der Waals surface area contributed by atoms with E-state index >= 15 is 0 Å². The van der Waals surface area contributed by atoms with Crippen LogP contribution in [0.25, 0.3) is 0 Å². The molecule has 0 aliphatic heterocycles. The molecule has 3 heteroatoms. The molecule has 0 saturated heterocycles. The summed E-state index contributed by atoms with van der Waals surface area (Å²) in [4.78, 5) is 0. The fraction of sp³-hybridized carbons (Fsp3) is 1.00. The second-order valence-electron chi connectivity index (χ2n) is 0.678. The molecule has 0 heterocycles. The van der Waals surface area contributed by atoms with Crippen LogP contribution in [0.15, 0.2) is 0 Å². The van der Waals surface area contributed by atoms with E-state index < -0.39 is 11.1 Å². The molecule has 0 aromatic carbocycles. The maximum absolute atomic E-state index is 5.24. The third kappa shape index (κ3) is 10.7. The van der Waals surface area contributed by atoms with Crippen molar-refractivity contribution in [1.82, 2.24) is 0 Å². The first-order valence-corrected chi connectivity index (χ1v) is 7.12. The van der Waals surface area contributed by atoms with Crippen LogP contribution in [0, 0.1) is 0 Å². The Bertz CT molecular complexity index is 12.8. The Labute approximate surface area is 41.8 Å². The van der Waals surface area contributed by atoms with E-state index in [1.165, 1.54) is 0 Å². The van der Waals surface area contributed by atoms with Crippen LogP contribution in [0.3, 0.4) is 0 Å². The van der Waals surface area contributed by atoms with Gasteiger partial charge in [-0.3, -0.25) is 0 Å². The van der Waals surface area contributed by atoms with Crippen molar-refractivity contribution in [2.24, 2.45) is 4.72 Å². The summed E-state index contributed by atoms with van der Waals surface area (Å²) in [6, 6.07) is 0. The SMILES string of the molecule is [CH3][Al]([NH2])[I]. The zero-order valence-electron chi connectivity index (χ0n) is 2.53. The number of rotatable bonds is 0. The minimum Gasteiger partial charge on any atom is -0.404 e. The first kappa shape index (κ1) is 5.22. The molecule has 0 bridgehead atoms. The number of hydrogen-bond acceptors (Lipinski definition) is 1. The molecular formula is CH5AlIN. The van der Waals surface area contributed by atoms with Crippen LogP contribution in [0.1, 0.15) is 0 Å². The quantitative estimate of drug-likeness (QED) is 0.431. The zero-order chi connectivity index (χ0) is 3.58. The third-order valence-electron chi connectivity index (χ3n) is 0. The van der Waals surface area contributed by atoms with Gasteiger partial charge in [0.2, 0.25) is 0 Å². The molecule has 0 aromatic heterocycles. The second-order valence-corrected chi connectivity index (χ2v) is 7.93. The van der Waals surface area contributed by atoms with Gasteiger partial charge in [-0.05, 0) is 0 Å². The van der Waals surface area contributed by atoms with E-state index in [1.807, 2.05) is 0 Å². The Hall–Kier alpha value is 1.22. The fourth-order valence-electron chi connectivity index (χ4n) is 0. The molecule has 0 atom stereocenters. The lowest BCUT2D eigenvalue weighted by molar-refractivity contribution is 1.87. The highest BCUT2D eigenvalue weighted by molar-refractivity contribution is 14.1. The highest BCUT2D eigenvalue weighted by Gasteiger charge is 1.88. The van der Waals surface area contributed by atoms with Crippen LogP contribution in [-0.2, 0) is 0 Å². The van der Waals surface area contributed by atoms with E-state index in [1.54, 1.807) is 0 Å². The van der Waals surface area contributed by atoms with E-state index in [-0.39, 0.29) is 0 Å². The van der Waals surface area contributed by atoms with Gasteiger partial charge in [-0.25, -0.2) is 0 Å². The molecule has 0 saturated carbocycles. The zero-order valence-corrected chi connectivity index (χ0v) is 5.84. The minimum atomic E-state index is -0.669. The predicted octanol–water partition coefficient (Wildman–Crippen LogP) is 0.498. The molecule has 0 amide bonds. The monoisotopic (exact) mass is 185 g/mol. The van der Waals surface area contributed by atoms with Gasteiger partial charge < -0.3 is 4.72 Å². The second kappa shape index (κ2) is 2.46. The average Bonchev–Trinajstić information content (AvgIpc) is 0.811. The minimum absolute atomic E-state index is 0.669. The van der Waals surface area contributed by atoms with Gasteiger partial charge in [0.05, 0.1) is 0 Å². The van der Waals surface area contributed by atoms with Crippen molar-refractivity contribution in [3.63, 3.8) is 0 Å². The van der Waals surface area contributed by atoms with Crippen LogP contribution >= 0.6 is 20.3 Å². The lowest BCUT2D eigenvalue weighted by Gasteiger charge is -1.66. The van der Waals surface area contributed by atoms with Crippen molar-refractivity contribution in [3.05, 3.63) is 0 Å². The summed E-state index contributed by atoms with van der Waals surface area (Å²) >= 11 is 1.59. The molecule has 0 fully saturated rings. The Balaban J connectivity index is 2.32. The van der Waals surface area contributed by atoms with Gasteiger partial charge in [-0.2, -0.15) is 20.3 Å². The summed E-state index contributed by atoms with van der Waals surface area (Å²) < 4.78 is 5.24. The van der Waals surface area contributed by atoms with Gasteiger partial charge in [-0.15, -0.1) is 0 Å². The van der Waals surface area contributed by atoms with E-state index in [9.17, 15) is 0 Å². The first-order valence-electron chi connectivity index (χ1n) is 1.13. The van der Waals surface area contributed by atoms with Crippen molar-refractivity contribution in [2.45, 2.75) is 5.79 Å². The van der Waals surface area contributed by atoms with E-state index in [0.29, 0.717) is 0 Å². The van der Waals surface area contributed by atoms with Crippen LogP contribution < -0.4 is 4.72 Å². The molecule has 0 rings (SSSR count). The molecule has 2 N–H and O–H groups in total. The summed E-state index contributed by atoms with van der Waals surface area (Å²) in [5, 5.41) is 0. The summed E-state index contributed by atoms with van der Waals surface area (Å²) in [7, 11) is 0. The van der Waals surface area contributed by atoms with Gasteiger partial charge in [0, 0.05) is 0 Å². The van der Waals surface area contributed by atoms with E-state index in [0.717, 1.165) is 0 Å². The number of halogens is 1. The molecule has 24 valence electrons. The number of hydrogen-bond donors (Lipinski definition) is 1. The molecule has 4 heavy (non-hydrogen) atoms. The topological polar surface area (TPSA) is 26.0 Å². The molecular weight excluding hydrogens is 180 g/mol. The predicted molar refractivity (Wildman–Crippen MR) is 29.8 cm³/mol. The summed E-state index contributed by atoms with van der Waals surface area (Å²) in [5.41, 5.74) is 0. The van der Waals surface area contributed by atoms with Gasteiger partial charge >= 0.3 is 11.1 Å². The van der Waals surface area contributed by atoms with Crippen LogP contribution in [0.4, 0.5) is 0 Å². The lowest BCUT2D eigenvalue weighted by atomic mass is 11.9. The van der Waals surface area contributed by atoms with E-state index in [4.69, 9.17) is 4.72 Å². The van der Waals surface area contributed by atoms with Crippen LogP contribution in [-0.4, -0.2) is 11.1 Å². The lowest BCUT2D eigenvalue weighted by Crippen LogP contribution is -2.09. The normalized spacial score (nSPS) is 6.75. The van der Waals surface area contributed by atoms with E-state index in [2.05, 4.69) is 26.1 Å². The Morgan fingerprint density at radius 1 is 2.00 bits per heavy atom. The van der Waals surface area contributed by atoms with Gasteiger partial charge in [0.15, 0.2) is 0 Å². The van der Waals surface area contributed by atoms with Crippen molar-refractivity contribution in [1.29, 1.82) is 0 Å². The molecule has 0 aromatic rings. The van der Waals surface area contributed by atoms with Crippen molar-refractivity contribution in [3.8, 4) is 0 Å². The van der Waals surface area contributed by atoms with Crippen molar-refractivity contribution >= 4 is 31.4 Å². The third-order valence-corrected chi connectivity index (χ3v) is 0. The maximum Gasteiger partial charge on any atom is 0.454 e. The number of nitrogens with two attached hydrogens (primary N) is 1. The standard InChI is InChI=1S/CH3.Al.HI.H2N/h1H3;;1H;1H2/q;+2;;-1/p-1. The molecule has 1 nitrogen and oxygen atoms in total. The highest BCUT2D eigenvalue weighted by Crippen LogP contribution is 1.76. The molecule has 0 unspecified atom stereocenters. The van der Waals surface area contributed by atoms with Crippen LogP contribution in [0.2, 0.25) is 5.79 Å². The van der Waals surface area contributed by atoms with Crippen LogP contribution in [0.5, 0.6) is 0 Å². The Morgan fingerprint density at radius 3 is 2.00 bits per heavy atom. The summed E-state index contributed by atoms with van der Waals surface area (Å²) in [6.07, 6.45) is 0.